The SMILES string of the molecule is Cc1ccc(C)c(S(=O)(=O)[C@H](CNC(=O)CCCl)c2cccnc2)c1. The molecule has 134 valence electrons. The number of carbonyl (C=O) groups is 1. The summed E-state index contributed by atoms with van der Waals surface area (Å²) in [7, 11) is -3.71. The van der Waals surface area contributed by atoms with Crippen LogP contribution in [0.5, 0.6) is 0 Å². The maximum atomic E-state index is 13.3. The predicted molar refractivity (Wildman–Crippen MR) is 98.4 cm³/mol. The number of hydrogen-bond donors (Lipinski definition) is 1. The molecule has 1 heterocycles. The van der Waals surface area contributed by atoms with Crippen molar-refractivity contribution < 1.29 is 13.2 Å². The van der Waals surface area contributed by atoms with E-state index in [1.807, 2.05) is 13.0 Å². The number of aryl methyl sites for hydroxylation is 2. The molecule has 0 aliphatic carbocycles. The van der Waals surface area contributed by atoms with Crippen LogP contribution in [0.25, 0.3) is 0 Å². The highest BCUT2D eigenvalue weighted by Gasteiger charge is 2.31. The molecule has 0 spiro atoms. The van der Waals surface area contributed by atoms with Gasteiger partial charge in [-0.3, -0.25) is 9.78 Å². The summed E-state index contributed by atoms with van der Waals surface area (Å²) in [6, 6.07) is 8.70. The van der Waals surface area contributed by atoms with E-state index in [-0.39, 0.29) is 29.6 Å². The van der Waals surface area contributed by atoms with Gasteiger partial charge in [0.25, 0.3) is 0 Å². The van der Waals surface area contributed by atoms with Crippen molar-refractivity contribution in [2.24, 2.45) is 0 Å². The molecule has 0 saturated carbocycles. The lowest BCUT2D eigenvalue weighted by molar-refractivity contribution is -0.120. The van der Waals surface area contributed by atoms with Crippen LogP contribution >= 0.6 is 11.6 Å². The van der Waals surface area contributed by atoms with E-state index in [1.54, 1.807) is 37.4 Å². The number of hydrogen-bond acceptors (Lipinski definition) is 4. The Morgan fingerprint density at radius 1 is 1.28 bits per heavy atom. The third kappa shape index (κ3) is 4.80. The van der Waals surface area contributed by atoms with Crippen LogP contribution in [0.2, 0.25) is 0 Å². The fourth-order valence-corrected chi connectivity index (χ4v) is 4.67. The average Bonchev–Trinajstić information content (AvgIpc) is 2.58. The monoisotopic (exact) mass is 380 g/mol. The van der Waals surface area contributed by atoms with E-state index in [9.17, 15) is 13.2 Å². The first-order valence-electron chi connectivity index (χ1n) is 7.90. The van der Waals surface area contributed by atoms with Crippen molar-refractivity contribution in [3.05, 3.63) is 59.4 Å². The van der Waals surface area contributed by atoms with E-state index >= 15 is 0 Å². The Kier molecular flexibility index (Phi) is 6.56. The third-order valence-electron chi connectivity index (χ3n) is 3.89. The number of carbonyl (C=O) groups excluding carboxylic acids is 1. The number of amides is 1. The largest absolute Gasteiger partial charge is 0.354 e. The second kappa shape index (κ2) is 8.45. The van der Waals surface area contributed by atoms with Crippen LogP contribution < -0.4 is 5.32 Å². The number of benzene rings is 1. The number of aromatic nitrogens is 1. The van der Waals surface area contributed by atoms with E-state index in [2.05, 4.69) is 10.3 Å². The van der Waals surface area contributed by atoms with Gasteiger partial charge in [-0.2, -0.15) is 0 Å². The van der Waals surface area contributed by atoms with Gasteiger partial charge in [0.1, 0.15) is 5.25 Å². The molecule has 0 bridgehead atoms. The summed E-state index contributed by atoms with van der Waals surface area (Å²) in [5.74, 6) is -0.0901. The van der Waals surface area contributed by atoms with Crippen LogP contribution in [-0.4, -0.2) is 31.7 Å². The van der Waals surface area contributed by atoms with Crippen molar-refractivity contribution in [2.75, 3.05) is 12.4 Å². The number of pyridine rings is 1. The van der Waals surface area contributed by atoms with Gasteiger partial charge in [0, 0.05) is 31.2 Å². The minimum atomic E-state index is -3.71. The van der Waals surface area contributed by atoms with Gasteiger partial charge in [-0.15, -0.1) is 11.6 Å². The van der Waals surface area contributed by atoms with Gasteiger partial charge in [0.05, 0.1) is 4.90 Å². The normalized spacial score (nSPS) is 12.6. The molecule has 2 rings (SSSR count). The van der Waals surface area contributed by atoms with E-state index in [4.69, 9.17) is 11.6 Å². The Balaban J connectivity index is 2.43. The summed E-state index contributed by atoms with van der Waals surface area (Å²) in [6.07, 6.45) is 3.24. The number of rotatable bonds is 7. The highest BCUT2D eigenvalue weighted by molar-refractivity contribution is 7.91. The number of sulfone groups is 1. The molecule has 5 nitrogen and oxygen atoms in total. The molecule has 0 saturated heterocycles. The standard InChI is InChI=1S/C18H21ClN2O3S/c1-13-5-6-14(2)16(10-13)25(23,24)17(12-21-18(22)7-8-19)15-4-3-9-20-11-15/h3-6,9-11,17H,7-8,12H2,1-2H3,(H,21,22)/t17-/m1/s1. The summed E-state index contributed by atoms with van der Waals surface area (Å²) in [4.78, 5) is 16.0. The number of halogens is 1. The van der Waals surface area contributed by atoms with Gasteiger partial charge in [-0.25, -0.2) is 8.42 Å². The molecule has 0 aliphatic heterocycles. The second-order valence-electron chi connectivity index (χ2n) is 5.83. The molecule has 1 aromatic heterocycles. The van der Waals surface area contributed by atoms with Crippen LogP contribution in [0, 0.1) is 13.8 Å². The van der Waals surface area contributed by atoms with Gasteiger partial charge in [0.2, 0.25) is 5.91 Å². The zero-order valence-corrected chi connectivity index (χ0v) is 15.8. The van der Waals surface area contributed by atoms with Crippen LogP contribution in [0.3, 0.4) is 0 Å². The Morgan fingerprint density at radius 3 is 2.68 bits per heavy atom. The molecule has 0 aliphatic rings. The highest BCUT2D eigenvalue weighted by Crippen LogP contribution is 2.30. The van der Waals surface area contributed by atoms with E-state index in [0.29, 0.717) is 11.1 Å². The quantitative estimate of drug-likeness (QED) is 0.749. The van der Waals surface area contributed by atoms with E-state index in [0.717, 1.165) is 5.56 Å². The highest BCUT2D eigenvalue weighted by atomic mass is 35.5. The fourth-order valence-electron chi connectivity index (χ4n) is 2.52. The second-order valence-corrected chi connectivity index (χ2v) is 8.31. The minimum Gasteiger partial charge on any atom is -0.354 e. The molecule has 7 heteroatoms. The summed E-state index contributed by atoms with van der Waals surface area (Å²) in [6.45, 7) is 3.58. The Bertz CT molecular complexity index is 839. The predicted octanol–water partition coefficient (Wildman–Crippen LogP) is 2.96. The number of alkyl halides is 1. The minimum absolute atomic E-state index is 0.0306. The van der Waals surface area contributed by atoms with Gasteiger partial charge >= 0.3 is 0 Å². The van der Waals surface area contributed by atoms with Crippen molar-refractivity contribution in [2.45, 2.75) is 30.4 Å². The molecule has 1 N–H and O–H groups in total. The van der Waals surface area contributed by atoms with Crippen molar-refractivity contribution in [1.29, 1.82) is 0 Å². The first-order valence-corrected chi connectivity index (χ1v) is 9.98. The van der Waals surface area contributed by atoms with E-state index < -0.39 is 15.1 Å². The lowest BCUT2D eigenvalue weighted by Gasteiger charge is -2.20. The average molecular weight is 381 g/mol. The molecule has 1 atom stereocenters. The summed E-state index contributed by atoms with van der Waals surface area (Å²) >= 11 is 5.56. The van der Waals surface area contributed by atoms with Crippen LogP contribution in [0.1, 0.15) is 28.4 Å². The first kappa shape index (κ1) is 19.4. The maximum Gasteiger partial charge on any atom is 0.221 e. The maximum absolute atomic E-state index is 13.3. The molecule has 0 radical (unpaired) electrons. The molecule has 25 heavy (non-hydrogen) atoms. The van der Waals surface area contributed by atoms with Gasteiger partial charge in [-0.1, -0.05) is 18.2 Å². The Hall–Kier alpha value is -1.92. The van der Waals surface area contributed by atoms with Crippen LogP contribution in [-0.2, 0) is 14.6 Å². The lowest BCUT2D eigenvalue weighted by atomic mass is 10.2. The zero-order chi connectivity index (χ0) is 18.4. The summed E-state index contributed by atoms with van der Waals surface area (Å²) < 4.78 is 26.5. The van der Waals surface area contributed by atoms with Crippen molar-refractivity contribution >= 4 is 27.3 Å². The summed E-state index contributed by atoms with van der Waals surface area (Å²) in [5, 5.41) is 1.75. The van der Waals surface area contributed by atoms with Gasteiger partial charge in [-0.05, 0) is 42.7 Å². The van der Waals surface area contributed by atoms with Crippen molar-refractivity contribution in [3.63, 3.8) is 0 Å². The molecular formula is C18H21ClN2O3S. The zero-order valence-electron chi connectivity index (χ0n) is 14.2. The first-order chi connectivity index (χ1) is 11.9. The van der Waals surface area contributed by atoms with Crippen LogP contribution in [0.4, 0.5) is 0 Å². The molecule has 0 unspecified atom stereocenters. The lowest BCUT2D eigenvalue weighted by Crippen LogP contribution is -2.32. The van der Waals surface area contributed by atoms with Crippen molar-refractivity contribution in [3.8, 4) is 0 Å². The molecule has 1 amide bonds. The fraction of sp³-hybridized carbons (Fsp3) is 0.333. The van der Waals surface area contributed by atoms with Gasteiger partial charge < -0.3 is 5.32 Å². The summed E-state index contributed by atoms with van der Waals surface area (Å²) in [5.41, 5.74) is 2.07. The topological polar surface area (TPSA) is 76.1 Å². The van der Waals surface area contributed by atoms with Crippen molar-refractivity contribution in [1.82, 2.24) is 10.3 Å². The number of nitrogens with one attached hydrogen (secondary N) is 1. The Morgan fingerprint density at radius 2 is 2.04 bits per heavy atom. The Labute approximate surface area is 153 Å². The molecule has 0 fully saturated rings. The van der Waals surface area contributed by atoms with Gasteiger partial charge in [0.15, 0.2) is 9.84 Å². The number of nitrogens with zero attached hydrogens (tertiary/aromatic N) is 1. The molecular weight excluding hydrogens is 360 g/mol. The molecule has 1 aromatic carbocycles. The smallest absolute Gasteiger partial charge is 0.221 e. The van der Waals surface area contributed by atoms with Crippen LogP contribution in [0.15, 0.2) is 47.6 Å². The third-order valence-corrected chi connectivity index (χ3v) is 6.32. The van der Waals surface area contributed by atoms with E-state index in [1.165, 1.54) is 6.20 Å². The molecule has 2 aromatic rings.